The fraction of sp³-hybridized carbons (Fsp3) is 0.818. The number of nitrogens with zero attached hydrogens (tertiary/aromatic N) is 1. The molecule has 1 spiro atoms. The van der Waals surface area contributed by atoms with Crippen molar-refractivity contribution < 1.29 is 4.79 Å². The van der Waals surface area contributed by atoms with Gasteiger partial charge in [0, 0.05) is 7.05 Å². The smallest absolute Gasteiger partial charge is 0.252 e. The fourth-order valence-electron chi connectivity index (χ4n) is 2.36. The van der Waals surface area contributed by atoms with Gasteiger partial charge in [0.2, 0.25) is 0 Å². The Balaban J connectivity index is 2.14. The van der Waals surface area contributed by atoms with Crippen LogP contribution in [0.3, 0.4) is 0 Å². The zero-order valence-electron chi connectivity index (χ0n) is 9.68. The van der Waals surface area contributed by atoms with Gasteiger partial charge in [-0.05, 0) is 31.1 Å². The molecular formula is C11H19N3O. The van der Waals surface area contributed by atoms with Crippen LogP contribution < -0.4 is 10.6 Å². The van der Waals surface area contributed by atoms with Crippen molar-refractivity contribution in [2.24, 2.45) is 10.4 Å². The molecule has 2 fully saturated rings. The van der Waals surface area contributed by atoms with Crippen LogP contribution in [0, 0.1) is 5.41 Å². The first-order valence-corrected chi connectivity index (χ1v) is 5.54. The number of aliphatic imine (C=N–C) groups is 1. The molecule has 0 aromatic carbocycles. The first-order valence-electron chi connectivity index (χ1n) is 5.54. The van der Waals surface area contributed by atoms with Crippen molar-refractivity contribution >= 4 is 11.9 Å². The van der Waals surface area contributed by atoms with E-state index in [1.807, 2.05) is 0 Å². The average molecular weight is 209 g/mol. The van der Waals surface area contributed by atoms with Gasteiger partial charge in [-0.3, -0.25) is 15.1 Å². The molecule has 1 aliphatic heterocycles. The van der Waals surface area contributed by atoms with Crippen molar-refractivity contribution in [1.29, 1.82) is 0 Å². The molecule has 0 aromatic heterocycles. The number of hydrogen-bond donors (Lipinski definition) is 2. The first-order chi connectivity index (χ1) is 6.97. The highest BCUT2D eigenvalue weighted by Gasteiger charge is 2.48. The molecule has 0 unspecified atom stereocenters. The van der Waals surface area contributed by atoms with E-state index in [1.54, 1.807) is 7.05 Å². The molecule has 1 amide bonds. The number of carbonyl (C=O) groups excluding carboxylic acids is 1. The highest BCUT2D eigenvalue weighted by molar-refractivity contribution is 6.09. The van der Waals surface area contributed by atoms with E-state index in [1.165, 1.54) is 0 Å². The molecule has 15 heavy (non-hydrogen) atoms. The predicted octanol–water partition coefficient (Wildman–Crippen LogP) is 1.03. The molecule has 2 N–H and O–H groups in total. The minimum Gasteiger partial charge on any atom is -0.342 e. The summed E-state index contributed by atoms with van der Waals surface area (Å²) in [6, 6.07) is 0. The zero-order valence-corrected chi connectivity index (χ0v) is 9.68. The third-order valence-electron chi connectivity index (χ3n) is 3.70. The molecule has 4 heteroatoms. The maximum atomic E-state index is 11.9. The summed E-state index contributed by atoms with van der Waals surface area (Å²) in [6.45, 7) is 4.53. The van der Waals surface area contributed by atoms with Crippen LogP contribution in [0.2, 0.25) is 0 Å². The summed E-state index contributed by atoms with van der Waals surface area (Å²) < 4.78 is 0. The molecule has 2 rings (SSSR count). The lowest BCUT2D eigenvalue weighted by atomic mass is 9.69. The van der Waals surface area contributed by atoms with Crippen LogP contribution in [-0.2, 0) is 4.79 Å². The Labute approximate surface area is 90.5 Å². The van der Waals surface area contributed by atoms with Crippen LogP contribution in [0.4, 0.5) is 0 Å². The van der Waals surface area contributed by atoms with Gasteiger partial charge in [0.15, 0.2) is 5.96 Å². The van der Waals surface area contributed by atoms with E-state index in [-0.39, 0.29) is 11.4 Å². The van der Waals surface area contributed by atoms with Gasteiger partial charge in [-0.1, -0.05) is 13.8 Å². The van der Waals surface area contributed by atoms with Crippen LogP contribution in [0.5, 0.6) is 0 Å². The highest BCUT2D eigenvalue weighted by atomic mass is 16.2. The van der Waals surface area contributed by atoms with Gasteiger partial charge in [-0.2, -0.15) is 0 Å². The van der Waals surface area contributed by atoms with Crippen LogP contribution in [0.15, 0.2) is 4.99 Å². The lowest BCUT2D eigenvalue weighted by Crippen LogP contribution is -2.50. The molecule has 84 valence electrons. The largest absolute Gasteiger partial charge is 0.342 e. The van der Waals surface area contributed by atoms with Crippen molar-refractivity contribution in [1.82, 2.24) is 10.6 Å². The number of amides is 1. The summed E-state index contributed by atoms with van der Waals surface area (Å²) in [5.41, 5.74) is 0.00365. The summed E-state index contributed by atoms with van der Waals surface area (Å²) >= 11 is 0. The number of guanidine groups is 1. The van der Waals surface area contributed by atoms with Gasteiger partial charge in [0.25, 0.3) is 5.91 Å². The van der Waals surface area contributed by atoms with Crippen molar-refractivity contribution in [3.8, 4) is 0 Å². The number of carbonyl (C=O) groups is 1. The minimum atomic E-state index is -0.371. The Hall–Kier alpha value is -1.06. The second-order valence-corrected chi connectivity index (χ2v) is 5.40. The summed E-state index contributed by atoms with van der Waals surface area (Å²) in [5, 5.41) is 6.02. The van der Waals surface area contributed by atoms with Crippen molar-refractivity contribution in [3.05, 3.63) is 0 Å². The van der Waals surface area contributed by atoms with Gasteiger partial charge in [0.05, 0.1) is 0 Å². The number of nitrogens with one attached hydrogen (secondary N) is 2. The Morgan fingerprint density at radius 1 is 1.20 bits per heavy atom. The average Bonchev–Trinajstić information content (AvgIpc) is 2.50. The van der Waals surface area contributed by atoms with Crippen molar-refractivity contribution in [2.45, 2.75) is 45.1 Å². The quantitative estimate of drug-likeness (QED) is 0.626. The Bertz CT molecular complexity index is 310. The number of hydrogen-bond acceptors (Lipinski definition) is 2. The molecule has 0 atom stereocenters. The first kappa shape index (κ1) is 10.5. The normalized spacial score (nSPS) is 30.3. The molecule has 1 saturated heterocycles. The summed E-state index contributed by atoms with van der Waals surface area (Å²) in [7, 11) is 1.69. The molecule has 1 saturated carbocycles. The Kier molecular flexibility index (Phi) is 2.24. The molecule has 1 heterocycles. The van der Waals surface area contributed by atoms with E-state index in [0.29, 0.717) is 11.4 Å². The summed E-state index contributed by atoms with van der Waals surface area (Å²) in [5.74, 6) is 0.721. The van der Waals surface area contributed by atoms with E-state index in [0.717, 1.165) is 25.7 Å². The third-order valence-corrected chi connectivity index (χ3v) is 3.70. The molecular weight excluding hydrogens is 190 g/mol. The second kappa shape index (κ2) is 3.22. The molecule has 4 nitrogen and oxygen atoms in total. The molecule has 2 aliphatic rings. The predicted molar refractivity (Wildman–Crippen MR) is 59.6 cm³/mol. The van der Waals surface area contributed by atoms with E-state index >= 15 is 0 Å². The van der Waals surface area contributed by atoms with Crippen molar-refractivity contribution in [2.75, 3.05) is 7.05 Å². The maximum Gasteiger partial charge on any atom is 0.252 e. The minimum absolute atomic E-state index is 0.0959. The molecule has 0 aromatic rings. The highest BCUT2D eigenvalue weighted by Crippen LogP contribution is 2.41. The Morgan fingerprint density at radius 3 is 2.27 bits per heavy atom. The topological polar surface area (TPSA) is 53.5 Å². The lowest BCUT2D eigenvalue weighted by Gasteiger charge is -2.39. The van der Waals surface area contributed by atoms with Gasteiger partial charge < -0.3 is 5.32 Å². The maximum absolute atomic E-state index is 11.9. The van der Waals surface area contributed by atoms with Gasteiger partial charge in [0.1, 0.15) is 5.54 Å². The zero-order chi connectivity index (χ0) is 11.1. The van der Waals surface area contributed by atoms with Crippen LogP contribution in [0.25, 0.3) is 0 Å². The van der Waals surface area contributed by atoms with Crippen LogP contribution in [-0.4, -0.2) is 24.5 Å². The van der Waals surface area contributed by atoms with E-state index in [9.17, 15) is 4.79 Å². The van der Waals surface area contributed by atoms with E-state index < -0.39 is 0 Å². The summed E-state index contributed by atoms with van der Waals surface area (Å²) in [6.07, 6.45) is 3.99. The number of rotatable bonds is 0. The second-order valence-electron chi connectivity index (χ2n) is 5.40. The molecule has 1 aliphatic carbocycles. The molecule has 0 bridgehead atoms. The lowest BCUT2D eigenvalue weighted by molar-refractivity contribution is -0.125. The van der Waals surface area contributed by atoms with E-state index in [4.69, 9.17) is 0 Å². The SMILES string of the molecule is CN=C1NC(=O)C2(CCC(C)(C)CC2)N1. The molecule has 0 radical (unpaired) electrons. The van der Waals surface area contributed by atoms with Gasteiger partial charge in [-0.25, -0.2) is 0 Å². The van der Waals surface area contributed by atoms with Gasteiger partial charge >= 0.3 is 0 Å². The van der Waals surface area contributed by atoms with Crippen LogP contribution >= 0.6 is 0 Å². The Morgan fingerprint density at radius 2 is 1.80 bits per heavy atom. The van der Waals surface area contributed by atoms with Gasteiger partial charge in [-0.15, -0.1) is 0 Å². The van der Waals surface area contributed by atoms with E-state index in [2.05, 4.69) is 29.5 Å². The fourth-order valence-corrected chi connectivity index (χ4v) is 2.36. The summed E-state index contributed by atoms with van der Waals surface area (Å²) in [4.78, 5) is 15.9. The van der Waals surface area contributed by atoms with Crippen LogP contribution in [0.1, 0.15) is 39.5 Å². The van der Waals surface area contributed by atoms with Crippen molar-refractivity contribution in [3.63, 3.8) is 0 Å². The standard InChI is InChI=1S/C11H19N3O/c1-10(2)4-6-11(7-5-10)8(15)13-9(12-3)14-11/h4-7H2,1-3H3,(H2,12,13,14,15). The third kappa shape index (κ3) is 1.73. The monoisotopic (exact) mass is 209 g/mol.